The number of halogens is 2. The van der Waals surface area contributed by atoms with Gasteiger partial charge < -0.3 is 11.1 Å². The molecule has 0 atom stereocenters. The van der Waals surface area contributed by atoms with Crippen LogP contribution in [0.25, 0.3) is 0 Å². The summed E-state index contributed by atoms with van der Waals surface area (Å²) in [5.41, 5.74) is 6.60. The molecule has 1 amide bonds. The van der Waals surface area contributed by atoms with Crippen LogP contribution in [-0.2, 0) is 0 Å². The SMILES string of the molecule is Cc1nc(N)sc1C(=O)Nc1ccc(F)c(Br)c1. The van der Waals surface area contributed by atoms with E-state index in [1.54, 1.807) is 6.92 Å². The number of hydrogen-bond donors (Lipinski definition) is 2. The van der Waals surface area contributed by atoms with E-state index in [0.29, 0.717) is 25.9 Å². The van der Waals surface area contributed by atoms with Gasteiger partial charge in [0.1, 0.15) is 10.7 Å². The number of nitrogen functional groups attached to an aromatic ring is 1. The van der Waals surface area contributed by atoms with Crippen molar-refractivity contribution in [2.75, 3.05) is 11.1 Å². The molecule has 4 nitrogen and oxygen atoms in total. The van der Waals surface area contributed by atoms with E-state index in [1.165, 1.54) is 18.2 Å². The number of carbonyl (C=O) groups excluding carboxylic acids is 1. The number of anilines is 2. The Labute approximate surface area is 115 Å². The molecule has 3 N–H and O–H groups in total. The molecule has 7 heteroatoms. The molecule has 0 aliphatic heterocycles. The smallest absolute Gasteiger partial charge is 0.267 e. The van der Waals surface area contributed by atoms with Crippen molar-refractivity contribution in [3.05, 3.63) is 39.1 Å². The van der Waals surface area contributed by atoms with E-state index in [4.69, 9.17) is 5.73 Å². The molecule has 0 saturated heterocycles. The molecule has 1 aromatic carbocycles. The van der Waals surface area contributed by atoms with Crippen molar-refractivity contribution in [1.29, 1.82) is 0 Å². The van der Waals surface area contributed by atoms with Gasteiger partial charge in [-0.25, -0.2) is 9.37 Å². The lowest BCUT2D eigenvalue weighted by molar-refractivity contribution is 0.103. The number of carbonyl (C=O) groups is 1. The van der Waals surface area contributed by atoms with Crippen molar-refractivity contribution in [2.24, 2.45) is 0 Å². The number of amides is 1. The third-order valence-corrected chi connectivity index (χ3v) is 3.79. The van der Waals surface area contributed by atoms with Gasteiger partial charge in [0, 0.05) is 5.69 Å². The summed E-state index contributed by atoms with van der Waals surface area (Å²) in [7, 11) is 0. The number of rotatable bonds is 2. The van der Waals surface area contributed by atoms with Gasteiger partial charge in [0.05, 0.1) is 10.2 Å². The van der Waals surface area contributed by atoms with Crippen molar-refractivity contribution in [3.63, 3.8) is 0 Å². The fourth-order valence-electron chi connectivity index (χ4n) is 1.39. The van der Waals surface area contributed by atoms with E-state index < -0.39 is 0 Å². The summed E-state index contributed by atoms with van der Waals surface area (Å²) in [5, 5.41) is 3.00. The normalized spacial score (nSPS) is 10.4. The predicted octanol–water partition coefficient (Wildman–Crippen LogP) is 3.19. The number of benzene rings is 1. The van der Waals surface area contributed by atoms with Crippen LogP contribution in [-0.4, -0.2) is 10.9 Å². The molecule has 0 fully saturated rings. The Morgan fingerprint density at radius 2 is 2.28 bits per heavy atom. The second-order valence-corrected chi connectivity index (χ2v) is 5.43. The molecule has 0 spiro atoms. The Hall–Kier alpha value is -1.47. The lowest BCUT2D eigenvalue weighted by Crippen LogP contribution is -2.11. The number of nitrogens with one attached hydrogen (secondary N) is 1. The highest BCUT2D eigenvalue weighted by Gasteiger charge is 2.14. The summed E-state index contributed by atoms with van der Waals surface area (Å²) in [4.78, 5) is 16.4. The van der Waals surface area contributed by atoms with Crippen LogP contribution in [0, 0.1) is 12.7 Å². The molecular formula is C11H9BrFN3OS. The minimum Gasteiger partial charge on any atom is -0.375 e. The van der Waals surface area contributed by atoms with Crippen LogP contribution in [0.4, 0.5) is 15.2 Å². The molecule has 0 saturated carbocycles. The molecule has 2 aromatic rings. The average molecular weight is 330 g/mol. The van der Waals surface area contributed by atoms with Crippen molar-refractivity contribution in [1.82, 2.24) is 4.98 Å². The van der Waals surface area contributed by atoms with E-state index >= 15 is 0 Å². The number of aryl methyl sites for hydroxylation is 1. The maximum absolute atomic E-state index is 13.0. The van der Waals surface area contributed by atoms with Crippen LogP contribution in [0.3, 0.4) is 0 Å². The van der Waals surface area contributed by atoms with Gasteiger partial charge in [-0.05, 0) is 41.1 Å². The standard InChI is InChI=1S/C11H9BrFN3OS/c1-5-9(18-11(14)15-5)10(17)16-6-2-3-8(13)7(12)4-6/h2-4H,1H3,(H2,14,15)(H,16,17). The molecule has 0 aliphatic rings. The molecule has 1 aromatic heterocycles. The first-order valence-electron chi connectivity index (χ1n) is 4.96. The molecule has 0 unspecified atom stereocenters. The molecule has 0 bridgehead atoms. The maximum atomic E-state index is 13.0. The van der Waals surface area contributed by atoms with Crippen LogP contribution in [0.15, 0.2) is 22.7 Å². The zero-order valence-corrected chi connectivity index (χ0v) is 11.7. The number of nitrogens with zero attached hydrogens (tertiary/aromatic N) is 1. The van der Waals surface area contributed by atoms with E-state index in [-0.39, 0.29) is 11.7 Å². The summed E-state index contributed by atoms with van der Waals surface area (Å²) < 4.78 is 13.3. The minimum atomic E-state index is -0.383. The fourth-order valence-corrected chi connectivity index (χ4v) is 2.50. The third-order valence-electron chi connectivity index (χ3n) is 2.20. The Morgan fingerprint density at radius 3 is 2.83 bits per heavy atom. The first-order chi connectivity index (χ1) is 8.47. The lowest BCUT2D eigenvalue weighted by atomic mass is 10.3. The highest BCUT2D eigenvalue weighted by atomic mass is 79.9. The Kier molecular flexibility index (Phi) is 3.63. The zero-order valence-electron chi connectivity index (χ0n) is 9.33. The summed E-state index contributed by atoms with van der Waals surface area (Å²) >= 11 is 4.17. The molecule has 94 valence electrons. The summed E-state index contributed by atoms with van der Waals surface area (Å²) in [6.45, 7) is 1.71. The average Bonchev–Trinajstić information content (AvgIpc) is 2.63. The predicted molar refractivity (Wildman–Crippen MR) is 73.3 cm³/mol. The first-order valence-corrected chi connectivity index (χ1v) is 6.57. The highest BCUT2D eigenvalue weighted by molar-refractivity contribution is 9.10. The van der Waals surface area contributed by atoms with Gasteiger partial charge in [0.25, 0.3) is 5.91 Å². The van der Waals surface area contributed by atoms with Crippen LogP contribution in [0.5, 0.6) is 0 Å². The second kappa shape index (κ2) is 5.03. The van der Waals surface area contributed by atoms with E-state index in [9.17, 15) is 9.18 Å². The van der Waals surface area contributed by atoms with Crippen molar-refractivity contribution in [2.45, 2.75) is 6.92 Å². The van der Waals surface area contributed by atoms with Gasteiger partial charge in [-0.15, -0.1) is 0 Å². The van der Waals surface area contributed by atoms with E-state index in [0.717, 1.165) is 11.3 Å². The number of aromatic nitrogens is 1. The zero-order chi connectivity index (χ0) is 13.3. The Morgan fingerprint density at radius 1 is 1.56 bits per heavy atom. The Balaban J connectivity index is 2.21. The first kappa shape index (κ1) is 13.0. The topological polar surface area (TPSA) is 68.0 Å². The lowest BCUT2D eigenvalue weighted by Gasteiger charge is -2.04. The number of thiazole rings is 1. The monoisotopic (exact) mass is 329 g/mol. The van der Waals surface area contributed by atoms with Crippen molar-refractivity contribution in [3.8, 4) is 0 Å². The van der Waals surface area contributed by atoms with Gasteiger partial charge in [0.2, 0.25) is 0 Å². The van der Waals surface area contributed by atoms with Gasteiger partial charge in [-0.2, -0.15) is 0 Å². The summed E-state index contributed by atoms with van der Waals surface area (Å²) in [6, 6.07) is 4.25. The Bertz CT molecular complexity index is 614. The summed E-state index contributed by atoms with van der Waals surface area (Å²) in [5.74, 6) is -0.688. The van der Waals surface area contributed by atoms with Gasteiger partial charge in [-0.3, -0.25) is 4.79 Å². The largest absolute Gasteiger partial charge is 0.375 e. The van der Waals surface area contributed by atoms with E-state index in [1.807, 2.05) is 0 Å². The molecule has 18 heavy (non-hydrogen) atoms. The van der Waals surface area contributed by atoms with Crippen molar-refractivity contribution >= 4 is 44.0 Å². The molecule has 1 heterocycles. The van der Waals surface area contributed by atoms with Gasteiger partial charge in [-0.1, -0.05) is 11.3 Å². The molecule has 0 radical (unpaired) electrons. The third kappa shape index (κ3) is 2.68. The molecule has 2 rings (SSSR count). The summed E-state index contributed by atoms with van der Waals surface area (Å²) in [6.07, 6.45) is 0. The van der Waals surface area contributed by atoms with Crippen molar-refractivity contribution < 1.29 is 9.18 Å². The molecular weight excluding hydrogens is 321 g/mol. The quantitative estimate of drug-likeness (QED) is 0.889. The second-order valence-electron chi connectivity index (χ2n) is 3.55. The van der Waals surface area contributed by atoms with E-state index in [2.05, 4.69) is 26.2 Å². The van der Waals surface area contributed by atoms with Crippen LogP contribution >= 0.6 is 27.3 Å². The van der Waals surface area contributed by atoms with Gasteiger partial charge in [0.15, 0.2) is 5.13 Å². The fraction of sp³-hybridized carbons (Fsp3) is 0.0909. The van der Waals surface area contributed by atoms with Crippen LogP contribution in [0.2, 0.25) is 0 Å². The maximum Gasteiger partial charge on any atom is 0.267 e. The number of nitrogens with two attached hydrogens (primary N) is 1. The van der Waals surface area contributed by atoms with Crippen LogP contribution < -0.4 is 11.1 Å². The highest BCUT2D eigenvalue weighted by Crippen LogP contribution is 2.23. The van der Waals surface area contributed by atoms with Crippen LogP contribution in [0.1, 0.15) is 15.4 Å². The minimum absolute atomic E-state index is 0.292. The molecule has 0 aliphatic carbocycles. The number of hydrogen-bond acceptors (Lipinski definition) is 4. The van der Waals surface area contributed by atoms with Gasteiger partial charge >= 0.3 is 0 Å².